The molecule has 1 fully saturated rings. The topological polar surface area (TPSA) is 55.3 Å². The van der Waals surface area contributed by atoms with Crippen LogP contribution < -0.4 is 4.90 Å². The Bertz CT molecular complexity index is 640. The van der Waals surface area contributed by atoms with Gasteiger partial charge in [-0.2, -0.15) is 0 Å². The standard InChI is InChI=1S/C14H17N3O2S/c1-3-10-6-11-12(15-8-16-13(11)20-10)17-5-4-9(7-17)14(18)19-2/h6,8-9H,3-5,7H2,1-2H3. The van der Waals surface area contributed by atoms with E-state index in [1.807, 2.05) is 0 Å². The molecule has 0 saturated carbocycles. The number of ether oxygens (including phenoxy) is 1. The number of anilines is 1. The molecule has 3 heterocycles. The van der Waals surface area contributed by atoms with Crippen LogP contribution in [0.5, 0.6) is 0 Å². The van der Waals surface area contributed by atoms with Crippen molar-refractivity contribution >= 4 is 33.3 Å². The minimum Gasteiger partial charge on any atom is -0.469 e. The van der Waals surface area contributed by atoms with Gasteiger partial charge in [0.2, 0.25) is 0 Å². The third-order valence-corrected chi connectivity index (χ3v) is 4.92. The van der Waals surface area contributed by atoms with Crippen molar-refractivity contribution in [1.29, 1.82) is 0 Å². The number of esters is 1. The van der Waals surface area contributed by atoms with Crippen molar-refractivity contribution in [3.8, 4) is 0 Å². The molecule has 2 aromatic rings. The molecule has 0 amide bonds. The molecule has 0 N–H and O–H groups in total. The van der Waals surface area contributed by atoms with Crippen molar-refractivity contribution < 1.29 is 9.53 Å². The van der Waals surface area contributed by atoms with E-state index in [0.717, 1.165) is 35.4 Å². The first-order chi connectivity index (χ1) is 9.72. The zero-order chi connectivity index (χ0) is 14.1. The fourth-order valence-electron chi connectivity index (χ4n) is 2.63. The van der Waals surface area contributed by atoms with Gasteiger partial charge in [-0.25, -0.2) is 9.97 Å². The van der Waals surface area contributed by atoms with Gasteiger partial charge in [0.05, 0.1) is 18.4 Å². The quantitative estimate of drug-likeness (QED) is 0.812. The molecule has 106 valence electrons. The SMILES string of the molecule is CCc1cc2c(N3CCC(C(=O)OC)C3)ncnc2s1. The van der Waals surface area contributed by atoms with E-state index < -0.39 is 0 Å². The van der Waals surface area contributed by atoms with E-state index >= 15 is 0 Å². The molecule has 1 aliphatic heterocycles. The summed E-state index contributed by atoms with van der Waals surface area (Å²) in [5.41, 5.74) is 0. The average molecular weight is 291 g/mol. The van der Waals surface area contributed by atoms with Gasteiger partial charge in [-0.3, -0.25) is 4.79 Å². The Morgan fingerprint density at radius 2 is 2.40 bits per heavy atom. The molecule has 2 aromatic heterocycles. The van der Waals surface area contributed by atoms with Crippen LogP contribution in [0.1, 0.15) is 18.2 Å². The summed E-state index contributed by atoms with van der Waals surface area (Å²) in [4.78, 5) is 24.9. The van der Waals surface area contributed by atoms with Gasteiger partial charge in [0, 0.05) is 18.0 Å². The minimum absolute atomic E-state index is 0.0469. The summed E-state index contributed by atoms with van der Waals surface area (Å²) in [5.74, 6) is 0.768. The summed E-state index contributed by atoms with van der Waals surface area (Å²) >= 11 is 1.71. The molecule has 1 aliphatic rings. The number of aryl methyl sites for hydroxylation is 1. The monoisotopic (exact) mass is 291 g/mol. The highest BCUT2D eigenvalue weighted by atomic mass is 32.1. The van der Waals surface area contributed by atoms with Crippen LogP contribution in [0.4, 0.5) is 5.82 Å². The number of fused-ring (bicyclic) bond motifs is 1. The number of aromatic nitrogens is 2. The number of hydrogen-bond donors (Lipinski definition) is 0. The molecular formula is C14H17N3O2S. The molecule has 1 saturated heterocycles. The fraction of sp³-hybridized carbons (Fsp3) is 0.500. The first-order valence-corrected chi connectivity index (χ1v) is 7.60. The zero-order valence-electron chi connectivity index (χ0n) is 11.6. The van der Waals surface area contributed by atoms with E-state index in [4.69, 9.17) is 4.74 Å². The lowest BCUT2D eigenvalue weighted by molar-refractivity contribution is -0.144. The lowest BCUT2D eigenvalue weighted by atomic mass is 10.1. The third-order valence-electron chi connectivity index (χ3n) is 3.73. The average Bonchev–Trinajstić information content (AvgIpc) is 3.12. The Morgan fingerprint density at radius 1 is 1.55 bits per heavy atom. The normalized spacial score (nSPS) is 18.7. The van der Waals surface area contributed by atoms with Gasteiger partial charge in [0.25, 0.3) is 0 Å². The summed E-state index contributed by atoms with van der Waals surface area (Å²) in [5, 5.41) is 1.10. The van der Waals surface area contributed by atoms with Crippen LogP contribution >= 0.6 is 11.3 Å². The van der Waals surface area contributed by atoms with Crippen LogP contribution in [0.2, 0.25) is 0 Å². The molecule has 0 aliphatic carbocycles. The molecule has 1 unspecified atom stereocenters. The molecular weight excluding hydrogens is 274 g/mol. The van der Waals surface area contributed by atoms with Gasteiger partial charge in [0.15, 0.2) is 0 Å². The van der Waals surface area contributed by atoms with E-state index in [0.29, 0.717) is 6.54 Å². The van der Waals surface area contributed by atoms with Crippen molar-refractivity contribution in [1.82, 2.24) is 9.97 Å². The fourth-order valence-corrected chi connectivity index (χ4v) is 3.56. The summed E-state index contributed by atoms with van der Waals surface area (Å²) in [6.07, 6.45) is 3.44. The summed E-state index contributed by atoms with van der Waals surface area (Å²) < 4.78 is 4.83. The van der Waals surface area contributed by atoms with Crippen molar-refractivity contribution in [2.24, 2.45) is 5.92 Å². The molecule has 20 heavy (non-hydrogen) atoms. The number of rotatable bonds is 3. The maximum atomic E-state index is 11.6. The Labute approximate surface area is 121 Å². The number of methoxy groups -OCH3 is 1. The minimum atomic E-state index is -0.127. The van der Waals surface area contributed by atoms with E-state index in [-0.39, 0.29) is 11.9 Å². The lowest BCUT2D eigenvalue weighted by Gasteiger charge is -2.17. The van der Waals surface area contributed by atoms with E-state index in [1.54, 1.807) is 17.7 Å². The van der Waals surface area contributed by atoms with Crippen molar-refractivity contribution in [2.75, 3.05) is 25.1 Å². The summed E-state index contributed by atoms with van der Waals surface area (Å²) in [6.45, 7) is 3.65. The maximum Gasteiger partial charge on any atom is 0.310 e. The smallest absolute Gasteiger partial charge is 0.310 e. The van der Waals surface area contributed by atoms with Crippen LogP contribution in [-0.2, 0) is 16.0 Å². The molecule has 0 bridgehead atoms. The Hall–Kier alpha value is -1.69. The van der Waals surface area contributed by atoms with Crippen LogP contribution in [0, 0.1) is 5.92 Å². The lowest BCUT2D eigenvalue weighted by Crippen LogP contribution is -2.24. The highest BCUT2D eigenvalue weighted by Gasteiger charge is 2.30. The number of carbonyl (C=O) groups excluding carboxylic acids is 1. The van der Waals surface area contributed by atoms with Gasteiger partial charge < -0.3 is 9.64 Å². The van der Waals surface area contributed by atoms with Crippen LogP contribution in [0.3, 0.4) is 0 Å². The molecule has 5 nitrogen and oxygen atoms in total. The van der Waals surface area contributed by atoms with Crippen LogP contribution in [0.15, 0.2) is 12.4 Å². The van der Waals surface area contributed by atoms with Gasteiger partial charge in [0.1, 0.15) is 17.0 Å². The van der Waals surface area contributed by atoms with Crippen LogP contribution in [0.25, 0.3) is 10.2 Å². The molecule has 0 spiro atoms. The Morgan fingerprint density at radius 3 is 3.15 bits per heavy atom. The highest BCUT2D eigenvalue weighted by Crippen LogP contribution is 2.33. The van der Waals surface area contributed by atoms with Gasteiger partial charge >= 0.3 is 5.97 Å². The maximum absolute atomic E-state index is 11.6. The molecule has 1 atom stereocenters. The number of hydrogen-bond acceptors (Lipinski definition) is 6. The number of nitrogens with zero attached hydrogens (tertiary/aromatic N) is 3. The second-order valence-electron chi connectivity index (χ2n) is 4.94. The molecule has 0 radical (unpaired) electrons. The second kappa shape index (κ2) is 5.36. The van der Waals surface area contributed by atoms with Gasteiger partial charge in [-0.1, -0.05) is 6.92 Å². The molecule has 0 aromatic carbocycles. The van der Waals surface area contributed by atoms with Crippen molar-refractivity contribution in [2.45, 2.75) is 19.8 Å². The highest BCUT2D eigenvalue weighted by molar-refractivity contribution is 7.18. The van der Waals surface area contributed by atoms with E-state index in [1.165, 1.54) is 12.0 Å². The van der Waals surface area contributed by atoms with E-state index in [9.17, 15) is 4.79 Å². The Kier molecular flexibility index (Phi) is 3.56. The van der Waals surface area contributed by atoms with Crippen LogP contribution in [-0.4, -0.2) is 36.1 Å². The van der Waals surface area contributed by atoms with Gasteiger partial charge in [-0.15, -0.1) is 11.3 Å². The number of thiophene rings is 1. The predicted octanol–water partition coefficient (Wildman–Crippen LogP) is 2.25. The third kappa shape index (κ3) is 2.24. The molecule has 3 rings (SSSR count). The summed E-state index contributed by atoms with van der Waals surface area (Å²) in [6, 6.07) is 2.17. The zero-order valence-corrected chi connectivity index (χ0v) is 12.4. The first-order valence-electron chi connectivity index (χ1n) is 6.79. The van der Waals surface area contributed by atoms with Gasteiger partial charge in [-0.05, 0) is 18.9 Å². The second-order valence-corrected chi connectivity index (χ2v) is 6.05. The first kappa shape index (κ1) is 13.3. The predicted molar refractivity (Wildman–Crippen MR) is 79.1 cm³/mol. The van der Waals surface area contributed by atoms with Crippen molar-refractivity contribution in [3.63, 3.8) is 0 Å². The van der Waals surface area contributed by atoms with E-state index in [2.05, 4.69) is 27.9 Å². The Balaban J connectivity index is 1.91. The number of carbonyl (C=O) groups is 1. The molecule has 6 heteroatoms. The largest absolute Gasteiger partial charge is 0.469 e. The summed E-state index contributed by atoms with van der Waals surface area (Å²) in [7, 11) is 1.44. The van der Waals surface area contributed by atoms with Crippen molar-refractivity contribution in [3.05, 3.63) is 17.3 Å².